The zero-order valence-corrected chi connectivity index (χ0v) is 11.7. The molecule has 8 heteroatoms. The summed E-state index contributed by atoms with van der Waals surface area (Å²) in [5.41, 5.74) is 2.35. The predicted molar refractivity (Wildman–Crippen MR) is 72.7 cm³/mol. The second-order valence-corrected chi connectivity index (χ2v) is 7.21. The van der Waals surface area contributed by atoms with Gasteiger partial charge in [0.05, 0.1) is 4.90 Å². The van der Waals surface area contributed by atoms with E-state index >= 15 is 0 Å². The molecule has 1 fully saturated rings. The van der Waals surface area contributed by atoms with E-state index in [1.54, 1.807) is 18.8 Å². The minimum Gasteiger partial charge on any atom is -0.308 e. The average molecular weight is 288 g/mol. The van der Waals surface area contributed by atoms with E-state index in [0.717, 1.165) is 17.9 Å². The molecule has 0 radical (unpaired) electrons. The van der Waals surface area contributed by atoms with E-state index in [9.17, 15) is 8.42 Å². The predicted octanol–water partition coefficient (Wildman–Crippen LogP) is 0.493. The van der Waals surface area contributed by atoms with Crippen LogP contribution in [0.1, 0.15) is 6.42 Å². The SMILES string of the molecule is CN(C1CCSC1)S(=O)(=O)c1ccnc(NN)c1. The van der Waals surface area contributed by atoms with Crippen LogP contribution in [0.4, 0.5) is 5.82 Å². The third-order valence-electron chi connectivity index (χ3n) is 2.98. The normalized spacial score (nSPS) is 20.3. The van der Waals surface area contributed by atoms with E-state index in [1.165, 1.54) is 22.6 Å². The Morgan fingerprint density at radius 3 is 3.00 bits per heavy atom. The number of nitrogens with zero attached hydrogens (tertiary/aromatic N) is 2. The van der Waals surface area contributed by atoms with Crippen molar-refractivity contribution in [3.63, 3.8) is 0 Å². The molecule has 1 unspecified atom stereocenters. The Labute approximate surface area is 111 Å². The van der Waals surface area contributed by atoms with Gasteiger partial charge in [-0.15, -0.1) is 0 Å². The summed E-state index contributed by atoms with van der Waals surface area (Å²) in [6, 6.07) is 2.99. The Hall–Kier alpha value is -0.830. The van der Waals surface area contributed by atoms with Gasteiger partial charge in [0.1, 0.15) is 5.82 Å². The summed E-state index contributed by atoms with van der Waals surface area (Å²) < 4.78 is 26.3. The number of hydrogen-bond donors (Lipinski definition) is 2. The summed E-state index contributed by atoms with van der Waals surface area (Å²) >= 11 is 1.78. The van der Waals surface area contributed by atoms with Crippen molar-refractivity contribution in [2.75, 3.05) is 24.0 Å². The molecule has 1 atom stereocenters. The summed E-state index contributed by atoms with van der Waals surface area (Å²) in [6.07, 6.45) is 2.33. The van der Waals surface area contributed by atoms with Crippen LogP contribution in [0.25, 0.3) is 0 Å². The molecule has 18 heavy (non-hydrogen) atoms. The number of anilines is 1. The lowest BCUT2D eigenvalue weighted by Crippen LogP contribution is -2.37. The van der Waals surface area contributed by atoms with Crippen LogP contribution in [-0.4, -0.2) is 42.3 Å². The lowest BCUT2D eigenvalue weighted by atomic mass is 10.3. The highest BCUT2D eigenvalue weighted by molar-refractivity contribution is 7.99. The van der Waals surface area contributed by atoms with Crippen molar-refractivity contribution in [1.29, 1.82) is 0 Å². The number of nitrogen functional groups attached to an aromatic ring is 1. The van der Waals surface area contributed by atoms with E-state index in [4.69, 9.17) is 5.84 Å². The third-order valence-corrected chi connectivity index (χ3v) is 6.03. The number of aromatic nitrogens is 1. The van der Waals surface area contributed by atoms with Crippen molar-refractivity contribution in [3.05, 3.63) is 18.3 Å². The summed E-state index contributed by atoms with van der Waals surface area (Å²) in [5, 5.41) is 0. The maximum atomic E-state index is 12.4. The molecular weight excluding hydrogens is 272 g/mol. The molecular formula is C10H16N4O2S2. The number of thioether (sulfide) groups is 1. The van der Waals surface area contributed by atoms with Crippen molar-refractivity contribution < 1.29 is 8.42 Å². The largest absolute Gasteiger partial charge is 0.308 e. The molecule has 2 rings (SSSR count). The molecule has 1 aromatic rings. The van der Waals surface area contributed by atoms with E-state index in [2.05, 4.69) is 10.4 Å². The fourth-order valence-electron chi connectivity index (χ4n) is 1.82. The number of pyridine rings is 1. The highest BCUT2D eigenvalue weighted by Gasteiger charge is 2.30. The summed E-state index contributed by atoms with van der Waals surface area (Å²) in [5.74, 6) is 7.43. The molecule has 0 spiro atoms. The van der Waals surface area contributed by atoms with E-state index < -0.39 is 10.0 Å². The maximum Gasteiger partial charge on any atom is 0.243 e. The van der Waals surface area contributed by atoms with Crippen molar-refractivity contribution in [2.24, 2.45) is 5.84 Å². The number of rotatable bonds is 4. The van der Waals surface area contributed by atoms with Crippen LogP contribution in [0, 0.1) is 0 Å². The van der Waals surface area contributed by atoms with Crippen LogP contribution in [0.15, 0.2) is 23.2 Å². The van der Waals surface area contributed by atoms with Gasteiger partial charge in [-0.2, -0.15) is 16.1 Å². The van der Waals surface area contributed by atoms with Crippen molar-refractivity contribution in [2.45, 2.75) is 17.4 Å². The zero-order valence-electron chi connectivity index (χ0n) is 10.0. The highest BCUT2D eigenvalue weighted by atomic mass is 32.2. The van der Waals surface area contributed by atoms with E-state index in [0.29, 0.717) is 5.82 Å². The van der Waals surface area contributed by atoms with Gasteiger partial charge in [0.15, 0.2) is 0 Å². The minimum absolute atomic E-state index is 0.0717. The molecule has 100 valence electrons. The lowest BCUT2D eigenvalue weighted by Gasteiger charge is -2.23. The van der Waals surface area contributed by atoms with Crippen LogP contribution < -0.4 is 11.3 Å². The van der Waals surface area contributed by atoms with Crippen LogP contribution in [0.2, 0.25) is 0 Å². The van der Waals surface area contributed by atoms with Gasteiger partial charge in [-0.1, -0.05) is 0 Å². The van der Waals surface area contributed by atoms with Crippen molar-refractivity contribution in [3.8, 4) is 0 Å². The molecule has 0 saturated carbocycles. The molecule has 3 N–H and O–H groups in total. The Bertz CT molecular complexity index is 514. The molecule has 1 aromatic heterocycles. The van der Waals surface area contributed by atoms with Gasteiger partial charge in [-0.05, 0) is 18.2 Å². The molecule has 0 aromatic carbocycles. The first kappa shape index (κ1) is 13.6. The Kier molecular flexibility index (Phi) is 4.10. The van der Waals surface area contributed by atoms with E-state index in [1.807, 2.05) is 0 Å². The van der Waals surface area contributed by atoms with Crippen LogP contribution >= 0.6 is 11.8 Å². The van der Waals surface area contributed by atoms with Crippen molar-refractivity contribution in [1.82, 2.24) is 9.29 Å². The second-order valence-electron chi connectivity index (χ2n) is 4.06. The number of nitrogens with two attached hydrogens (primary N) is 1. The van der Waals surface area contributed by atoms with Gasteiger partial charge in [-0.25, -0.2) is 19.2 Å². The molecule has 1 aliphatic rings. The molecule has 0 aliphatic carbocycles. The Balaban J connectivity index is 2.28. The smallest absolute Gasteiger partial charge is 0.243 e. The van der Waals surface area contributed by atoms with E-state index in [-0.39, 0.29) is 10.9 Å². The minimum atomic E-state index is -3.47. The van der Waals surface area contributed by atoms with Crippen LogP contribution in [-0.2, 0) is 10.0 Å². The molecule has 1 saturated heterocycles. The first-order valence-electron chi connectivity index (χ1n) is 5.54. The van der Waals surface area contributed by atoms with Crippen molar-refractivity contribution >= 4 is 27.6 Å². The second kappa shape index (κ2) is 5.43. The van der Waals surface area contributed by atoms with Gasteiger partial charge in [0.25, 0.3) is 0 Å². The number of hydrazine groups is 1. The fourth-order valence-corrected chi connectivity index (χ4v) is 4.58. The molecule has 0 bridgehead atoms. The maximum absolute atomic E-state index is 12.4. The Morgan fingerprint density at radius 1 is 1.61 bits per heavy atom. The average Bonchev–Trinajstić information content (AvgIpc) is 2.91. The zero-order chi connectivity index (χ0) is 13.2. The van der Waals surface area contributed by atoms with Crippen LogP contribution in [0.3, 0.4) is 0 Å². The first-order valence-corrected chi connectivity index (χ1v) is 8.13. The van der Waals surface area contributed by atoms with Gasteiger partial charge in [-0.3, -0.25) is 0 Å². The topological polar surface area (TPSA) is 88.3 Å². The lowest BCUT2D eigenvalue weighted by molar-refractivity contribution is 0.394. The van der Waals surface area contributed by atoms with Crippen LogP contribution in [0.5, 0.6) is 0 Å². The number of sulfonamides is 1. The van der Waals surface area contributed by atoms with Gasteiger partial charge >= 0.3 is 0 Å². The molecule has 1 aliphatic heterocycles. The molecule has 2 heterocycles. The Morgan fingerprint density at radius 2 is 2.39 bits per heavy atom. The molecule has 6 nitrogen and oxygen atoms in total. The summed E-state index contributed by atoms with van der Waals surface area (Å²) in [6.45, 7) is 0. The van der Waals surface area contributed by atoms with Gasteiger partial charge < -0.3 is 5.43 Å². The number of hydrogen-bond acceptors (Lipinski definition) is 6. The first-order chi connectivity index (χ1) is 8.55. The molecule has 0 amide bonds. The number of nitrogens with one attached hydrogen (secondary N) is 1. The standard InChI is InChI=1S/C10H16N4O2S2/c1-14(8-3-5-17-7-8)18(15,16)9-2-4-12-10(6-9)13-11/h2,4,6,8H,3,5,7,11H2,1H3,(H,12,13). The van der Waals surface area contributed by atoms with Gasteiger partial charge in [0, 0.05) is 31.1 Å². The fraction of sp³-hybridized carbons (Fsp3) is 0.500. The van der Waals surface area contributed by atoms with Gasteiger partial charge in [0.2, 0.25) is 10.0 Å². The summed E-state index contributed by atoms with van der Waals surface area (Å²) in [7, 11) is -1.84. The summed E-state index contributed by atoms with van der Waals surface area (Å²) in [4.78, 5) is 4.12. The highest BCUT2D eigenvalue weighted by Crippen LogP contribution is 2.26. The third kappa shape index (κ3) is 2.61. The quantitative estimate of drug-likeness (QED) is 0.619. The monoisotopic (exact) mass is 288 g/mol.